The fourth-order valence-corrected chi connectivity index (χ4v) is 9.36. The standard InChI is InChI=1S/C34H32N6O10S2/c41-33(42)29-31(37-39-35-29)49-25-12-10-21(11-13-25)14-16-51(45,46)27-8-2-5-23(19-27)24-6-3-9-28(20-24)52(47,48)17-15-22-4-1-7-26(18-22)50-32-30(34(43)44)36-40-38-32/h1,4,7,10-13,18,23-24,27-28H,2-3,5-6,8-9,19-20H2,(H,41,42)(H,43,44)(H,35,37,39)(H,36,38,40). The second kappa shape index (κ2) is 15.3. The van der Waals surface area contributed by atoms with Crippen molar-refractivity contribution < 1.29 is 46.1 Å². The fraction of sp³-hybridized carbons (Fsp3) is 0.353. The van der Waals surface area contributed by atoms with Gasteiger partial charge in [0.25, 0.3) is 11.8 Å². The van der Waals surface area contributed by atoms with Gasteiger partial charge in [-0.15, -0.1) is 10.2 Å². The highest BCUT2D eigenvalue weighted by Gasteiger charge is 2.39. The van der Waals surface area contributed by atoms with Crippen molar-refractivity contribution in [3.05, 3.63) is 71.0 Å². The van der Waals surface area contributed by atoms with E-state index in [1.54, 1.807) is 30.3 Å². The van der Waals surface area contributed by atoms with Crippen LogP contribution in [-0.2, 0) is 19.7 Å². The van der Waals surface area contributed by atoms with Crippen LogP contribution in [0.3, 0.4) is 0 Å². The minimum atomic E-state index is -3.83. The molecule has 16 nitrogen and oxygen atoms in total. The lowest BCUT2D eigenvalue weighted by Gasteiger charge is -2.37. The lowest BCUT2D eigenvalue weighted by molar-refractivity contribution is 0.0676. The topological polar surface area (TPSA) is 244 Å². The van der Waals surface area contributed by atoms with E-state index in [1.165, 1.54) is 18.2 Å². The number of carbonyl (C=O) groups is 2. The van der Waals surface area contributed by atoms with Gasteiger partial charge in [-0.1, -0.05) is 48.1 Å². The van der Waals surface area contributed by atoms with Crippen LogP contribution in [0.25, 0.3) is 0 Å². The van der Waals surface area contributed by atoms with Crippen molar-refractivity contribution in [3.63, 3.8) is 0 Å². The summed E-state index contributed by atoms with van der Waals surface area (Å²) >= 11 is 0. The lowest BCUT2D eigenvalue weighted by atomic mass is 9.73. The number of ether oxygens (including phenoxy) is 2. The Balaban J connectivity index is 1.07. The van der Waals surface area contributed by atoms with Gasteiger partial charge in [-0.3, -0.25) is 0 Å². The van der Waals surface area contributed by atoms with Crippen molar-refractivity contribution in [2.45, 2.75) is 61.9 Å². The Hall–Kier alpha value is -5.72. The highest BCUT2D eigenvalue weighted by atomic mass is 32.2. The molecule has 0 amide bonds. The number of aromatic amines is 2. The van der Waals surface area contributed by atoms with Crippen LogP contribution in [0.1, 0.15) is 83.5 Å². The number of aromatic nitrogens is 6. The molecule has 2 aliphatic carbocycles. The molecule has 4 N–H and O–H groups in total. The first-order chi connectivity index (χ1) is 24.9. The number of carboxylic acid groups (broad SMARTS) is 2. The zero-order valence-corrected chi connectivity index (χ0v) is 29.0. The smallest absolute Gasteiger partial charge is 0.362 e. The number of carboxylic acids is 2. The molecular weight excluding hydrogens is 717 g/mol. The summed E-state index contributed by atoms with van der Waals surface area (Å²) < 4.78 is 64.5. The van der Waals surface area contributed by atoms with Crippen molar-refractivity contribution in [1.29, 1.82) is 0 Å². The van der Waals surface area contributed by atoms with Gasteiger partial charge in [-0.2, -0.15) is 0 Å². The number of hydrogen-bond donors (Lipinski definition) is 4. The van der Waals surface area contributed by atoms with Crippen molar-refractivity contribution in [3.8, 4) is 45.6 Å². The van der Waals surface area contributed by atoms with E-state index in [2.05, 4.69) is 53.2 Å². The molecule has 2 aromatic carbocycles. The highest BCUT2D eigenvalue weighted by molar-refractivity contribution is 7.96. The summed E-state index contributed by atoms with van der Waals surface area (Å²) in [6, 6.07) is 12.4. The number of hydrogen-bond acceptors (Lipinski definition) is 12. The van der Waals surface area contributed by atoms with E-state index in [9.17, 15) is 31.5 Å². The van der Waals surface area contributed by atoms with Gasteiger partial charge in [0.15, 0.2) is 0 Å². The number of benzene rings is 2. The van der Waals surface area contributed by atoms with E-state index in [1.807, 2.05) is 0 Å². The Morgan fingerprint density at radius 3 is 1.69 bits per heavy atom. The average Bonchev–Trinajstić information content (AvgIpc) is 3.81. The van der Waals surface area contributed by atoms with Gasteiger partial charge in [0.05, 0.1) is 10.5 Å². The third-order valence-corrected chi connectivity index (χ3v) is 12.5. The average molecular weight is 749 g/mol. The van der Waals surface area contributed by atoms with Crippen molar-refractivity contribution >= 4 is 31.6 Å². The number of sulfone groups is 2. The van der Waals surface area contributed by atoms with Crippen LogP contribution < -0.4 is 9.47 Å². The van der Waals surface area contributed by atoms with Crippen LogP contribution in [0.2, 0.25) is 0 Å². The van der Waals surface area contributed by atoms with Gasteiger partial charge in [0.2, 0.25) is 31.1 Å². The molecule has 0 aliphatic heterocycles. The number of H-pyrrole nitrogens is 2. The highest BCUT2D eigenvalue weighted by Crippen LogP contribution is 2.41. The van der Waals surface area contributed by atoms with Crippen LogP contribution in [0.15, 0.2) is 48.5 Å². The third kappa shape index (κ3) is 8.59. The molecule has 4 unspecified atom stereocenters. The summed E-state index contributed by atoms with van der Waals surface area (Å²) in [5, 5.41) is 40.4. The largest absolute Gasteiger partial charge is 0.476 e. The monoisotopic (exact) mass is 748 g/mol. The van der Waals surface area contributed by atoms with E-state index in [0.717, 1.165) is 12.8 Å². The van der Waals surface area contributed by atoms with Gasteiger partial charge >= 0.3 is 11.9 Å². The first-order valence-corrected chi connectivity index (χ1v) is 19.3. The minimum Gasteiger partial charge on any atom is -0.476 e. The van der Waals surface area contributed by atoms with E-state index in [4.69, 9.17) is 14.6 Å². The van der Waals surface area contributed by atoms with Crippen LogP contribution >= 0.6 is 0 Å². The maximum Gasteiger partial charge on any atom is 0.362 e. The predicted octanol–water partition coefficient (Wildman–Crippen LogP) is 4.17. The molecule has 0 radical (unpaired) electrons. The quantitative estimate of drug-likeness (QED) is 0.176. The SMILES string of the molecule is O=C(O)c1nn[nH]c1Oc1ccc(C#CS(=O)(=O)C2CCCC(C3CCCC(S(=O)(=O)C#Cc4cccc(Oc5[nH]nnc5C(=O)O)c4)C3)C2)cc1. The zero-order valence-electron chi connectivity index (χ0n) is 27.4. The normalized spacial score (nSPS) is 20.4. The molecule has 6 rings (SSSR count). The molecule has 4 aromatic rings. The maximum absolute atomic E-state index is 13.4. The van der Waals surface area contributed by atoms with Crippen LogP contribution in [-0.4, -0.2) is 80.3 Å². The molecule has 0 spiro atoms. The Kier molecular flexibility index (Phi) is 10.6. The zero-order chi connectivity index (χ0) is 36.9. The van der Waals surface area contributed by atoms with Crippen molar-refractivity contribution in [2.24, 2.45) is 11.8 Å². The molecule has 270 valence electrons. The van der Waals surface area contributed by atoms with Gasteiger partial charge < -0.3 is 19.7 Å². The Morgan fingerprint density at radius 2 is 1.17 bits per heavy atom. The summed E-state index contributed by atoms with van der Waals surface area (Å²) in [7, 11) is -7.62. The van der Waals surface area contributed by atoms with Crippen LogP contribution in [0.4, 0.5) is 0 Å². The van der Waals surface area contributed by atoms with Crippen LogP contribution in [0.5, 0.6) is 23.3 Å². The molecule has 0 saturated heterocycles. The number of nitrogens with zero attached hydrogens (tertiary/aromatic N) is 4. The Morgan fingerprint density at radius 1 is 0.673 bits per heavy atom. The van der Waals surface area contributed by atoms with E-state index in [-0.39, 0.29) is 40.8 Å². The number of aromatic carboxylic acids is 2. The summed E-state index contributed by atoms with van der Waals surface area (Å²) in [4.78, 5) is 22.5. The maximum atomic E-state index is 13.4. The van der Waals surface area contributed by atoms with Crippen molar-refractivity contribution in [1.82, 2.24) is 30.8 Å². The molecular formula is C34H32N6O10S2. The molecule has 2 heterocycles. The lowest BCUT2D eigenvalue weighted by Crippen LogP contribution is -2.35. The van der Waals surface area contributed by atoms with E-state index >= 15 is 0 Å². The first kappa shape index (κ1) is 36.1. The summed E-state index contributed by atoms with van der Waals surface area (Å²) in [5.74, 6) is 3.01. The van der Waals surface area contributed by atoms with E-state index < -0.39 is 47.8 Å². The third-order valence-electron chi connectivity index (χ3n) is 9.12. The summed E-state index contributed by atoms with van der Waals surface area (Å²) in [6.07, 6.45) is 4.72. The van der Waals surface area contributed by atoms with Crippen LogP contribution in [0, 0.1) is 34.2 Å². The number of nitrogens with one attached hydrogen (secondary N) is 2. The Bertz CT molecular complexity index is 2320. The van der Waals surface area contributed by atoms with E-state index in [0.29, 0.717) is 49.7 Å². The van der Waals surface area contributed by atoms with Gasteiger partial charge in [-0.25, -0.2) is 36.6 Å². The van der Waals surface area contributed by atoms with Gasteiger partial charge in [0, 0.05) is 21.6 Å². The molecule has 52 heavy (non-hydrogen) atoms. The molecule has 2 fully saturated rings. The molecule has 18 heteroatoms. The second-order valence-electron chi connectivity index (χ2n) is 12.5. The first-order valence-electron chi connectivity index (χ1n) is 16.3. The van der Waals surface area contributed by atoms with Gasteiger partial charge in [0.1, 0.15) is 11.5 Å². The summed E-state index contributed by atoms with van der Waals surface area (Å²) in [5.41, 5.74) is -0.00755. The minimum absolute atomic E-state index is 0.0312. The van der Waals surface area contributed by atoms with Gasteiger partial charge in [-0.05, 0) is 85.9 Å². The fourth-order valence-electron chi connectivity index (χ4n) is 6.55. The molecule has 2 saturated carbocycles. The molecule has 0 bridgehead atoms. The number of rotatable bonds is 9. The predicted molar refractivity (Wildman–Crippen MR) is 183 cm³/mol. The van der Waals surface area contributed by atoms with Crippen molar-refractivity contribution in [2.75, 3.05) is 0 Å². The second-order valence-corrected chi connectivity index (χ2v) is 16.4. The molecule has 2 aromatic heterocycles. The molecule has 2 aliphatic rings. The Labute approximate surface area is 298 Å². The summed E-state index contributed by atoms with van der Waals surface area (Å²) in [6.45, 7) is 0. The molecule has 4 atom stereocenters.